The number of nitrogens with one attached hydrogen (secondary N) is 1. The number of sulfonamides is 1. The third-order valence-electron chi connectivity index (χ3n) is 4.14. The second kappa shape index (κ2) is 7.51. The number of aromatic nitrogens is 1. The molecule has 1 aromatic heterocycles. The van der Waals surface area contributed by atoms with Gasteiger partial charge in [-0.15, -0.1) is 11.3 Å². The second-order valence-electron chi connectivity index (χ2n) is 5.67. The normalized spacial score (nSPS) is 17.6. The van der Waals surface area contributed by atoms with Crippen molar-refractivity contribution in [2.24, 2.45) is 0 Å². The molecule has 1 aromatic carbocycles. The first-order valence-corrected chi connectivity index (χ1v) is 10.2. The van der Waals surface area contributed by atoms with Gasteiger partial charge in [-0.3, -0.25) is 0 Å². The van der Waals surface area contributed by atoms with Gasteiger partial charge < -0.3 is 9.64 Å². The Labute approximate surface area is 150 Å². The molecule has 1 atom stereocenters. The molecule has 3 rings (SSSR count). The van der Waals surface area contributed by atoms with Crippen LogP contribution in [-0.2, 0) is 14.8 Å². The lowest BCUT2D eigenvalue weighted by Crippen LogP contribution is -2.40. The van der Waals surface area contributed by atoms with E-state index in [1.807, 2.05) is 5.38 Å². The third kappa shape index (κ3) is 4.00. The van der Waals surface area contributed by atoms with Crippen molar-refractivity contribution in [3.63, 3.8) is 0 Å². The van der Waals surface area contributed by atoms with Crippen LogP contribution in [-0.4, -0.2) is 45.6 Å². The van der Waals surface area contributed by atoms with Crippen LogP contribution in [0.2, 0.25) is 0 Å². The summed E-state index contributed by atoms with van der Waals surface area (Å²) in [5.41, 5.74) is 0.312. The van der Waals surface area contributed by atoms with Crippen LogP contribution in [0.3, 0.4) is 0 Å². The number of carbonyl (C=O) groups is 1. The summed E-state index contributed by atoms with van der Waals surface area (Å²) in [6.07, 6.45) is 3.69. The topological polar surface area (TPSA) is 88.6 Å². The molecule has 0 amide bonds. The molecular formula is C16H19N3O4S2. The maximum atomic E-state index is 12.5. The predicted octanol–water partition coefficient (Wildman–Crippen LogP) is 1.88. The molecule has 7 nitrogen and oxygen atoms in total. The number of esters is 1. The first-order valence-electron chi connectivity index (χ1n) is 7.85. The Kier molecular flexibility index (Phi) is 5.36. The van der Waals surface area contributed by atoms with Gasteiger partial charge in [0.2, 0.25) is 10.0 Å². The highest BCUT2D eigenvalue weighted by Gasteiger charge is 2.28. The lowest BCUT2D eigenvalue weighted by Gasteiger charge is -2.24. The molecule has 134 valence electrons. The average Bonchev–Trinajstić information content (AvgIpc) is 3.30. The smallest absolute Gasteiger partial charge is 0.337 e. The molecule has 0 spiro atoms. The summed E-state index contributed by atoms with van der Waals surface area (Å²) in [7, 11) is -2.35. The van der Waals surface area contributed by atoms with Crippen LogP contribution in [0.4, 0.5) is 5.13 Å². The number of hydrogen-bond acceptors (Lipinski definition) is 7. The molecule has 2 aromatic rings. The fraction of sp³-hybridized carbons (Fsp3) is 0.375. The van der Waals surface area contributed by atoms with Crippen molar-refractivity contribution in [3.05, 3.63) is 41.4 Å². The van der Waals surface area contributed by atoms with E-state index in [9.17, 15) is 13.2 Å². The van der Waals surface area contributed by atoms with E-state index in [-0.39, 0.29) is 10.9 Å². The van der Waals surface area contributed by atoms with Gasteiger partial charge in [0.1, 0.15) is 0 Å². The minimum absolute atomic E-state index is 0.0928. The molecule has 2 heterocycles. The summed E-state index contributed by atoms with van der Waals surface area (Å²) in [6.45, 7) is 1.20. The number of anilines is 1. The molecule has 1 saturated heterocycles. The quantitative estimate of drug-likeness (QED) is 0.769. The number of thiazole rings is 1. The summed E-state index contributed by atoms with van der Waals surface area (Å²) in [5.74, 6) is -0.498. The van der Waals surface area contributed by atoms with Crippen molar-refractivity contribution < 1.29 is 17.9 Å². The number of nitrogens with zero attached hydrogens (tertiary/aromatic N) is 2. The van der Waals surface area contributed by atoms with Crippen molar-refractivity contribution in [1.29, 1.82) is 0 Å². The number of benzene rings is 1. The van der Waals surface area contributed by atoms with Gasteiger partial charge in [-0.2, -0.15) is 0 Å². The Morgan fingerprint density at radius 2 is 2.16 bits per heavy atom. The Morgan fingerprint density at radius 3 is 2.80 bits per heavy atom. The van der Waals surface area contributed by atoms with Crippen LogP contribution in [0, 0.1) is 0 Å². The van der Waals surface area contributed by atoms with Crippen LogP contribution in [0.5, 0.6) is 0 Å². The van der Waals surface area contributed by atoms with Crippen LogP contribution < -0.4 is 9.62 Å². The molecule has 0 saturated carbocycles. The molecule has 1 aliphatic heterocycles. The van der Waals surface area contributed by atoms with Gasteiger partial charge >= 0.3 is 5.97 Å². The fourth-order valence-corrected chi connectivity index (χ4v) is 4.65. The van der Waals surface area contributed by atoms with Gasteiger partial charge in [0, 0.05) is 30.7 Å². The van der Waals surface area contributed by atoms with Crippen molar-refractivity contribution in [2.45, 2.75) is 23.8 Å². The SMILES string of the molecule is COC(=O)c1ccc(S(=O)(=O)NCC2CCCN2c2nccs2)cc1. The summed E-state index contributed by atoms with van der Waals surface area (Å²) in [5, 5.41) is 2.83. The minimum Gasteiger partial charge on any atom is -0.465 e. The van der Waals surface area contributed by atoms with Gasteiger partial charge in [-0.05, 0) is 37.1 Å². The number of ether oxygens (including phenoxy) is 1. The van der Waals surface area contributed by atoms with Gasteiger partial charge in [0.15, 0.2) is 5.13 Å². The van der Waals surface area contributed by atoms with Crippen molar-refractivity contribution in [2.75, 3.05) is 25.1 Å². The molecule has 1 aliphatic rings. The van der Waals surface area contributed by atoms with E-state index < -0.39 is 16.0 Å². The zero-order chi connectivity index (χ0) is 17.9. The first-order chi connectivity index (χ1) is 12.0. The van der Waals surface area contributed by atoms with Crippen molar-refractivity contribution in [3.8, 4) is 0 Å². The van der Waals surface area contributed by atoms with Gasteiger partial charge in [-0.25, -0.2) is 22.9 Å². The largest absolute Gasteiger partial charge is 0.465 e. The Balaban J connectivity index is 1.66. The standard InChI is InChI=1S/C16H19N3O4S2/c1-23-15(20)12-4-6-14(7-5-12)25(21,22)18-11-13-3-2-9-19(13)16-17-8-10-24-16/h4-8,10,13,18H,2-3,9,11H2,1H3. The molecule has 1 fully saturated rings. The fourth-order valence-electron chi connectivity index (χ4n) is 2.83. The van der Waals surface area contributed by atoms with E-state index in [4.69, 9.17) is 0 Å². The van der Waals surface area contributed by atoms with Gasteiger partial charge in [0.05, 0.1) is 17.6 Å². The van der Waals surface area contributed by atoms with E-state index in [0.717, 1.165) is 24.5 Å². The first kappa shape index (κ1) is 17.8. The highest BCUT2D eigenvalue weighted by atomic mass is 32.2. The highest BCUT2D eigenvalue weighted by Crippen LogP contribution is 2.27. The molecule has 0 bridgehead atoms. The van der Waals surface area contributed by atoms with Crippen molar-refractivity contribution in [1.82, 2.24) is 9.71 Å². The van der Waals surface area contributed by atoms with Crippen LogP contribution in [0.1, 0.15) is 23.2 Å². The second-order valence-corrected chi connectivity index (χ2v) is 8.31. The average molecular weight is 381 g/mol. The lowest BCUT2D eigenvalue weighted by atomic mass is 10.2. The Bertz CT molecular complexity index is 820. The Morgan fingerprint density at radius 1 is 1.40 bits per heavy atom. The lowest BCUT2D eigenvalue weighted by molar-refractivity contribution is 0.0600. The summed E-state index contributed by atoms with van der Waals surface area (Å²) in [6, 6.07) is 5.79. The summed E-state index contributed by atoms with van der Waals surface area (Å²) in [4.78, 5) is 18.0. The van der Waals surface area contributed by atoms with Gasteiger partial charge in [0.25, 0.3) is 0 Å². The predicted molar refractivity (Wildman–Crippen MR) is 95.5 cm³/mol. The molecule has 25 heavy (non-hydrogen) atoms. The van der Waals surface area contributed by atoms with Crippen LogP contribution >= 0.6 is 11.3 Å². The molecule has 9 heteroatoms. The zero-order valence-electron chi connectivity index (χ0n) is 13.7. The van der Waals surface area contributed by atoms with Crippen LogP contribution in [0.25, 0.3) is 0 Å². The molecule has 1 N–H and O–H groups in total. The van der Waals surface area contributed by atoms with E-state index in [2.05, 4.69) is 19.3 Å². The number of rotatable bonds is 6. The number of methoxy groups -OCH3 is 1. The molecule has 0 aliphatic carbocycles. The van der Waals surface area contributed by atoms with E-state index >= 15 is 0 Å². The third-order valence-corrected chi connectivity index (χ3v) is 6.38. The highest BCUT2D eigenvalue weighted by molar-refractivity contribution is 7.89. The maximum Gasteiger partial charge on any atom is 0.337 e. The molecular weight excluding hydrogens is 362 g/mol. The Hall–Kier alpha value is -1.97. The minimum atomic E-state index is -3.63. The van der Waals surface area contributed by atoms with Gasteiger partial charge in [-0.1, -0.05) is 0 Å². The molecule has 1 unspecified atom stereocenters. The molecule has 0 radical (unpaired) electrons. The monoisotopic (exact) mass is 381 g/mol. The van der Waals surface area contributed by atoms with Crippen molar-refractivity contribution >= 4 is 32.5 Å². The van der Waals surface area contributed by atoms with E-state index in [1.165, 1.54) is 31.4 Å². The number of hydrogen-bond donors (Lipinski definition) is 1. The zero-order valence-corrected chi connectivity index (χ0v) is 15.3. The van der Waals surface area contributed by atoms with Crippen LogP contribution in [0.15, 0.2) is 40.7 Å². The maximum absolute atomic E-state index is 12.5. The summed E-state index contributed by atoms with van der Waals surface area (Å²) < 4.78 is 32.2. The van der Waals surface area contributed by atoms with E-state index in [1.54, 1.807) is 17.5 Å². The summed E-state index contributed by atoms with van der Waals surface area (Å²) >= 11 is 1.55. The number of carbonyl (C=O) groups excluding carboxylic acids is 1. The van der Waals surface area contributed by atoms with E-state index in [0.29, 0.717) is 12.1 Å².